The normalized spacial score (nSPS) is 13.9. The molecular weight excluding hydrogens is 230 g/mol. The highest BCUT2D eigenvalue weighted by molar-refractivity contribution is 5.98. The van der Waals surface area contributed by atoms with Gasteiger partial charge in [-0.25, -0.2) is 0 Å². The second-order valence-electron chi connectivity index (χ2n) is 5.53. The van der Waals surface area contributed by atoms with Gasteiger partial charge in [-0.1, -0.05) is 42.0 Å². The van der Waals surface area contributed by atoms with Crippen LogP contribution in [0, 0.1) is 6.92 Å². The summed E-state index contributed by atoms with van der Waals surface area (Å²) in [4.78, 5) is 3.60. The molecule has 0 radical (unpaired) electrons. The Labute approximate surface area is 113 Å². The van der Waals surface area contributed by atoms with Gasteiger partial charge in [-0.2, -0.15) is 0 Å². The quantitative estimate of drug-likeness (QED) is 0.645. The largest absolute Gasteiger partial charge is 0.358 e. The third kappa shape index (κ3) is 1.61. The van der Waals surface area contributed by atoms with Gasteiger partial charge in [-0.05, 0) is 48.9 Å². The third-order valence-corrected chi connectivity index (χ3v) is 4.23. The Morgan fingerprint density at radius 2 is 1.79 bits per heavy atom. The van der Waals surface area contributed by atoms with Crippen molar-refractivity contribution < 1.29 is 0 Å². The summed E-state index contributed by atoms with van der Waals surface area (Å²) in [6.45, 7) is 2.14. The predicted octanol–water partition coefficient (Wildman–Crippen LogP) is 4.63. The molecule has 1 aliphatic carbocycles. The van der Waals surface area contributed by atoms with Crippen LogP contribution in [-0.2, 0) is 12.8 Å². The highest BCUT2D eigenvalue weighted by Crippen LogP contribution is 2.36. The number of fused-ring (bicyclic) bond motifs is 3. The molecule has 0 bridgehead atoms. The molecule has 1 nitrogen and oxygen atoms in total. The lowest BCUT2D eigenvalue weighted by Gasteiger charge is -2.06. The monoisotopic (exact) mass is 247 g/mol. The van der Waals surface area contributed by atoms with Crippen LogP contribution >= 0.6 is 0 Å². The molecule has 0 saturated carbocycles. The molecule has 0 saturated heterocycles. The first-order valence-corrected chi connectivity index (χ1v) is 7.02. The minimum Gasteiger partial charge on any atom is -0.358 e. The summed E-state index contributed by atoms with van der Waals surface area (Å²) in [5, 5.41) is 1.44. The maximum Gasteiger partial charge on any atom is 0.0465 e. The summed E-state index contributed by atoms with van der Waals surface area (Å²) >= 11 is 0. The number of hydrogen-bond donors (Lipinski definition) is 1. The van der Waals surface area contributed by atoms with Crippen LogP contribution in [0.15, 0.2) is 42.5 Å². The highest BCUT2D eigenvalue weighted by atomic mass is 14.7. The van der Waals surface area contributed by atoms with Crippen molar-refractivity contribution in [3.05, 3.63) is 59.3 Å². The molecule has 2 aromatic carbocycles. The van der Waals surface area contributed by atoms with Crippen LogP contribution in [0.4, 0.5) is 0 Å². The van der Waals surface area contributed by atoms with E-state index < -0.39 is 0 Å². The van der Waals surface area contributed by atoms with E-state index in [1.807, 2.05) is 0 Å². The van der Waals surface area contributed by atoms with Gasteiger partial charge in [0.15, 0.2) is 0 Å². The molecule has 1 heteroatoms. The van der Waals surface area contributed by atoms with Crippen LogP contribution in [0.25, 0.3) is 22.0 Å². The maximum absolute atomic E-state index is 3.60. The van der Waals surface area contributed by atoms with Crippen LogP contribution in [0.1, 0.15) is 23.2 Å². The van der Waals surface area contributed by atoms with Crippen molar-refractivity contribution in [1.82, 2.24) is 4.98 Å². The molecule has 0 atom stereocenters. The fraction of sp³-hybridized carbons (Fsp3) is 0.222. The Morgan fingerprint density at radius 3 is 2.63 bits per heavy atom. The zero-order chi connectivity index (χ0) is 12.8. The minimum absolute atomic E-state index is 1.21. The first-order chi connectivity index (χ1) is 9.33. The molecule has 0 spiro atoms. The molecule has 1 aliphatic rings. The van der Waals surface area contributed by atoms with E-state index >= 15 is 0 Å². The van der Waals surface area contributed by atoms with E-state index in [9.17, 15) is 0 Å². The summed E-state index contributed by atoms with van der Waals surface area (Å²) in [6.07, 6.45) is 3.72. The van der Waals surface area contributed by atoms with Crippen LogP contribution in [0.3, 0.4) is 0 Å². The van der Waals surface area contributed by atoms with E-state index in [-0.39, 0.29) is 0 Å². The molecule has 19 heavy (non-hydrogen) atoms. The van der Waals surface area contributed by atoms with Gasteiger partial charge in [-0.3, -0.25) is 0 Å². The molecule has 3 aromatic rings. The Hall–Kier alpha value is -2.02. The number of aromatic nitrogens is 1. The Kier molecular flexibility index (Phi) is 2.28. The van der Waals surface area contributed by atoms with E-state index in [0.29, 0.717) is 0 Å². The molecule has 0 unspecified atom stereocenters. The van der Waals surface area contributed by atoms with Gasteiger partial charge < -0.3 is 4.98 Å². The van der Waals surface area contributed by atoms with Crippen LogP contribution in [0.2, 0.25) is 0 Å². The summed E-state index contributed by atoms with van der Waals surface area (Å²) in [7, 11) is 0. The summed E-state index contributed by atoms with van der Waals surface area (Å²) < 4.78 is 0. The van der Waals surface area contributed by atoms with Gasteiger partial charge >= 0.3 is 0 Å². The average molecular weight is 247 g/mol. The summed E-state index contributed by atoms with van der Waals surface area (Å²) in [5.74, 6) is 0. The summed E-state index contributed by atoms with van der Waals surface area (Å²) in [5.41, 5.74) is 8.31. The second-order valence-corrected chi connectivity index (χ2v) is 5.53. The minimum atomic E-state index is 1.21. The van der Waals surface area contributed by atoms with Crippen molar-refractivity contribution in [3.8, 4) is 11.1 Å². The van der Waals surface area contributed by atoms with Gasteiger partial charge in [-0.15, -0.1) is 0 Å². The SMILES string of the molecule is Cc1ccc(-c2cccc3[nH]c4c(c23)CCC4)cc1. The van der Waals surface area contributed by atoms with Crippen LogP contribution < -0.4 is 0 Å². The van der Waals surface area contributed by atoms with E-state index in [0.717, 1.165) is 0 Å². The molecule has 1 aromatic heterocycles. The molecule has 1 heterocycles. The molecule has 94 valence electrons. The number of H-pyrrole nitrogens is 1. The number of aromatic amines is 1. The molecule has 0 amide bonds. The van der Waals surface area contributed by atoms with E-state index in [4.69, 9.17) is 0 Å². The Balaban J connectivity index is 2.01. The fourth-order valence-electron chi connectivity index (χ4n) is 3.28. The van der Waals surface area contributed by atoms with Crippen molar-refractivity contribution in [2.45, 2.75) is 26.2 Å². The zero-order valence-electron chi connectivity index (χ0n) is 11.2. The van der Waals surface area contributed by atoms with Crippen molar-refractivity contribution in [3.63, 3.8) is 0 Å². The van der Waals surface area contributed by atoms with Crippen molar-refractivity contribution in [2.75, 3.05) is 0 Å². The number of benzene rings is 2. The van der Waals surface area contributed by atoms with E-state index in [1.165, 1.54) is 52.5 Å². The number of nitrogens with one attached hydrogen (secondary N) is 1. The molecule has 0 aliphatic heterocycles. The maximum atomic E-state index is 3.60. The first-order valence-electron chi connectivity index (χ1n) is 7.02. The zero-order valence-corrected chi connectivity index (χ0v) is 11.2. The predicted molar refractivity (Wildman–Crippen MR) is 80.5 cm³/mol. The van der Waals surface area contributed by atoms with Gasteiger partial charge in [0, 0.05) is 16.6 Å². The third-order valence-electron chi connectivity index (χ3n) is 4.23. The van der Waals surface area contributed by atoms with Crippen molar-refractivity contribution in [2.24, 2.45) is 0 Å². The van der Waals surface area contributed by atoms with Gasteiger partial charge in [0.2, 0.25) is 0 Å². The van der Waals surface area contributed by atoms with Gasteiger partial charge in [0.05, 0.1) is 0 Å². The molecular formula is C18H17N. The van der Waals surface area contributed by atoms with Crippen LogP contribution in [-0.4, -0.2) is 4.98 Å². The van der Waals surface area contributed by atoms with Crippen LogP contribution in [0.5, 0.6) is 0 Å². The first kappa shape index (κ1) is 10.9. The van der Waals surface area contributed by atoms with Gasteiger partial charge in [0.25, 0.3) is 0 Å². The molecule has 0 fully saturated rings. The van der Waals surface area contributed by atoms with E-state index in [1.54, 1.807) is 5.56 Å². The topological polar surface area (TPSA) is 15.8 Å². The fourth-order valence-corrected chi connectivity index (χ4v) is 3.28. The average Bonchev–Trinajstić information content (AvgIpc) is 2.99. The van der Waals surface area contributed by atoms with Crippen molar-refractivity contribution >= 4 is 10.9 Å². The van der Waals surface area contributed by atoms with Gasteiger partial charge in [0.1, 0.15) is 0 Å². The van der Waals surface area contributed by atoms with E-state index in [2.05, 4.69) is 54.4 Å². The summed E-state index contributed by atoms with van der Waals surface area (Å²) in [6, 6.07) is 15.5. The molecule has 1 N–H and O–H groups in total. The number of hydrogen-bond acceptors (Lipinski definition) is 0. The Morgan fingerprint density at radius 1 is 0.947 bits per heavy atom. The lowest BCUT2D eigenvalue weighted by atomic mass is 9.98. The van der Waals surface area contributed by atoms with Crippen molar-refractivity contribution in [1.29, 1.82) is 0 Å². The molecule has 4 rings (SSSR count). The standard InChI is InChI=1S/C18H17N/c1-12-8-10-13(11-9-12)14-4-2-7-17-18(14)15-5-3-6-16(15)19-17/h2,4,7-11,19H,3,5-6H2,1H3. The number of aryl methyl sites for hydroxylation is 3. The second kappa shape index (κ2) is 3.99. The lowest BCUT2D eigenvalue weighted by molar-refractivity contribution is 0.899. The lowest BCUT2D eigenvalue weighted by Crippen LogP contribution is -1.83. The smallest absolute Gasteiger partial charge is 0.0465 e. The Bertz CT molecular complexity index is 747. The highest BCUT2D eigenvalue weighted by Gasteiger charge is 2.19. The number of rotatable bonds is 1.